The maximum atomic E-state index is 12.7. The van der Waals surface area contributed by atoms with Crippen LogP contribution >= 0.6 is 11.6 Å². The summed E-state index contributed by atoms with van der Waals surface area (Å²) in [7, 11) is 0. The van der Waals surface area contributed by atoms with Crippen LogP contribution in [0.4, 0.5) is 5.69 Å². The third-order valence-corrected chi connectivity index (χ3v) is 4.79. The summed E-state index contributed by atoms with van der Waals surface area (Å²) in [6.07, 6.45) is 0. The standard InChI is InChI=1S/C22H18ClNO4/c23-18-11-20-21(28-9-8-27-20)12-19(18)24-22(26)17-3-1-2-16(10-17)15-6-4-14(13-25)5-7-15/h1-7,10-12,25H,8-9,13H2,(H,24,26). The number of fused-ring (bicyclic) bond motifs is 1. The topological polar surface area (TPSA) is 67.8 Å². The molecule has 1 amide bonds. The molecule has 1 aliphatic heterocycles. The minimum Gasteiger partial charge on any atom is -0.486 e. The van der Waals surface area contributed by atoms with E-state index in [0.717, 1.165) is 16.7 Å². The fourth-order valence-corrected chi connectivity index (χ4v) is 3.20. The lowest BCUT2D eigenvalue weighted by Gasteiger charge is -2.20. The predicted molar refractivity (Wildman–Crippen MR) is 108 cm³/mol. The molecule has 0 aliphatic carbocycles. The number of benzene rings is 3. The van der Waals surface area contributed by atoms with E-state index in [2.05, 4.69) is 5.32 Å². The second kappa shape index (κ2) is 7.92. The smallest absolute Gasteiger partial charge is 0.255 e. The molecule has 0 fully saturated rings. The summed E-state index contributed by atoms with van der Waals surface area (Å²) in [5, 5.41) is 12.4. The van der Waals surface area contributed by atoms with Crippen LogP contribution in [0.15, 0.2) is 60.7 Å². The first-order valence-corrected chi connectivity index (χ1v) is 9.22. The molecule has 0 aromatic heterocycles. The van der Waals surface area contributed by atoms with Gasteiger partial charge in [-0.25, -0.2) is 0 Å². The average molecular weight is 396 g/mol. The van der Waals surface area contributed by atoms with Crippen LogP contribution in [0, 0.1) is 0 Å². The molecule has 28 heavy (non-hydrogen) atoms. The van der Waals surface area contributed by atoms with Crippen molar-refractivity contribution in [3.8, 4) is 22.6 Å². The minimum atomic E-state index is -0.271. The summed E-state index contributed by atoms with van der Waals surface area (Å²) in [6.45, 7) is 0.930. The number of halogens is 1. The maximum Gasteiger partial charge on any atom is 0.255 e. The van der Waals surface area contributed by atoms with E-state index in [9.17, 15) is 9.90 Å². The van der Waals surface area contributed by atoms with Crippen LogP contribution in [0.25, 0.3) is 11.1 Å². The zero-order valence-electron chi connectivity index (χ0n) is 14.9. The highest BCUT2D eigenvalue weighted by atomic mass is 35.5. The van der Waals surface area contributed by atoms with E-state index in [1.807, 2.05) is 42.5 Å². The van der Waals surface area contributed by atoms with Gasteiger partial charge in [0.05, 0.1) is 17.3 Å². The van der Waals surface area contributed by atoms with Crippen LogP contribution in [0.5, 0.6) is 11.5 Å². The fourth-order valence-electron chi connectivity index (χ4n) is 3.00. The molecule has 0 radical (unpaired) electrons. The molecule has 5 nitrogen and oxygen atoms in total. The van der Waals surface area contributed by atoms with E-state index in [1.165, 1.54) is 0 Å². The highest BCUT2D eigenvalue weighted by Crippen LogP contribution is 2.38. The summed E-state index contributed by atoms with van der Waals surface area (Å²) in [4.78, 5) is 12.7. The molecule has 0 unspecified atom stereocenters. The highest BCUT2D eigenvalue weighted by molar-refractivity contribution is 6.34. The average Bonchev–Trinajstić information content (AvgIpc) is 2.74. The van der Waals surface area contributed by atoms with Crippen LogP contribution in [0.3, 0.4) is 0 Å². The molecule has 3 aromatic carbocycles. The number of anilines is 1. The number of aliphatic hydroxyl groups excluding tert-OH is 1. The second-order valence-corrected chi connectivity index (χ2v) is 6.77. The van der Waals surface area contributed by atoms with Gasteiger partial charge >= 0.3 is 0 Å². The number of ether oxygens (including phenoxy) is 2. The first-order chi connectivity index (χ1) is 13.6. The predicted octanol–water partition coefficient (Wildman–Crippen LogP) is 4.52. The van der Waals surface area contributed by atoms with Crippen LogP contribution in [0.1, 0.15) is 15.9 Å². The van der Waals surface area contributed by atoms with Gasteiger partial charge in [-0.2, -0.15) is 0 Å². The SMILES string of the molecule is O=C(Nc1cc2c(cc1Cl)OCCO2)c1cccc(-c2ccc(CO)cc2)c1. The van der Waals surface area contributed by atoms with Crippen molar-refractivity contribution in [1.29, 1.82) is 0 Å². The number of amides is 1. The highest BCUT2D eigenvalue weighted by Gasteiger charge is 2.17. The summed E-state index contributed by atoms with van der Waals surface area (Å²) in [5.41, 5.74) is 3.68. The molecular weight excluding hydrogens is 378 g/mol. The number of nitrogens with one attached hydrogen (secondary N) is 1. The van der Waals surface area contributed by atoms with Gasteiger partial charge in [-0.3, -0.25) is 4.79 Å². The summed E-state index contributed by atoms with van der Waals surface area (Å²) < 4.78 is 11.0. The van der Waals surface area contributed by atoms with Gasteiger partial charge in [0.15, 0.2) is 11.5 Å². The van der Waals surface area contributed by atoms with Crippen LogP contribution in [-0.2, 0) is 6.61 Å². The Morgan fingerprint density at radius 2 is 1.68 bits per heavy atom. The van der Waals surface area contributed by atoms with E-state index in [0.29, 0.717) is 41.0 Å². The van der Waals surface area contributed by atoms with E-state index in [-0.39, 0.29) is 12.5 Å². The van der Waals surface area contributed by atoms with Gasteiger partial charge < -0.3 is 19.9 Å². The zero-order chi connectivity index (χ0) is 19.5. The minimum absolute atomic E-state index is 0.000975. The number of rotatable bonds is 4. The van der Waals surface area contributed by atoms with E-state index in [1.54, 1.807) is 18.2 Å². The molecule has 1 aliphatic rings. The number of carbonyl (C=O) groups excluding carboxylic acids is 1. The molecule has 6 heteroatoms. The third kappa shape index (κ3) is 3.81. The Bertz CT molecular complexity index is 1020. The molecule has 0 atom stereocenters. The normalized spacial score (nSPS) is 12.5. The molecule has 2 N–H and O–H groups in total. The number of aliphatic hydroxyl groups is 1. The molecule has 0 saturated carbocycles. The Balaban J connectivity index is 1.57. The molecule has 0 bridgehead atoms. The van der Waals surface area contributed by atoms with Crippen LogP contribution < -0.4 is 14.8 Å². The van der Waals surface area contributed by atoms with Gasteiger partial charge in [0.25, 0.3) is 5.91 Å². The first kappa shape index (κ1) is 18.3. The number of hydrogen-bond acceptors (Lipinski definition) is 4. The van der Waals surface area contributed by atoms with Crippen molar-refractivity contribution in [2.75, 3.05) is 18.5 Å². The van der Waals surface area contributed by atoms with Crippen molar-refractivity contribution in [2.45, 2.75) is 6.61 Å². The molecule has 0 spiro atoms. The van der Waals surface area contributed by atoms with Gasteiger partial charge in [-0.05, 0) is 28.8 Å². The monoisotopic (exact) mass is 395 g/mol. The Kier molecular flexibility index (Phi) is 5.19. The lowest BCUT2D eigenvalue weighted by atomic mass is 10.0. The summed E-state index contributed by atoms with van der Waals surface area (Å²) in [6, 6.07) is 18.2. The van der Waals surface area contributed by atoms with Crippen molar-refractivity contribution in [1.82, 2.24) is 0 Å². The number of carbonyl (C=O) groups is 1. The first-order valence-electron chi connectivity index (χ1n) is 8.85. The summed E-state index contributed by atoms with van der Waals surface area (Å²) in [5.74, 6) is 0.860. The molecule has 1 heterocycles. The van der Waals surface area contributed by atoms with E-state index >= 15 is 0 Å². The Labute approximate surface area is 167 Å². The van der Waals surface area contributed by atoms with Crippen molar-refractivity contribution < 1.29 is 19.4 Å². The number of hydrogen-bond donors (Lipinski definition) is 2. The van der Waals surface area contributed by atoms with Crippen molar-refractivity contribution >= 4 is 23.2 Å². The van der Waals surface area contributed by atoms with Gasteiger partial charge in [0.2, 0.25) is 0 Å². The second-order valence-electron chi connectivity index (χ2n) is 6.37. The Morgan fingerprint density at radius 3 is 2.39 bits per heavy atom. The van der Waals surface area contributed by atoms with Gasteiger partial charge in [-0.1, -0.05) is 48.0 Å². The molecule has 4 rings (SSSR count). The molecule has 142 valence electrons. The molecular formula is C22H18ClNO4. The van der Waals surface area contributed by atoms with Gasteiger partial charge in [0, 0.05) is 17.7 Å². The fraction of sp³-hybridized carbons (Fsp3) is 0.136. The quantitative estimate of drug-likeness (QED) is 0.681. The van der Waals surface area contributed by atoms with Gasteiger partial charge in [-0.15, -0.1) is 0 Å². The Morgan fingerprint density at radius 1 is 0.964 bits per heavy atom. The lowest BCUT2D eigenvalue weighted by Crippen LogP contribution is -2.17. The van der Waals surface area contributed by atoms with Crippen LogP contribution in [-0.4, -0.2) is 24.2 Å². The maximum absolute atomic E-state index is 12.7. The largest absolute Gasteiger partial charge is 0.486 e. The zero-order valence-corrected chi connectivity index (χ0v) is 15.7. The Hall–Kier alpha value is -3.02. The molecule has 0 saturated heterocycles. The summed E-state index contributed by atoms with van der Waals surface area (Å²) >= 11 is 6.28. The third-order valence-electron chi connectivity index (χ3n) is 4.47. The van der Waals surface area contributed by atoms with Crippen molar-refractivity contribution in [2.24, 2.45) is 0 Å². The van der Waals surface area contributed by atoms with E-state index in [4.69, 9.17) is 21.1 Å². The van der Waals surface area contributed by atoms with E-state index < -0.39 is 0 Å². The van der Waals surface area contributed by atoms with Crippen LogP contribution in [0.2, 0.25) is 5.02 Å². The molecule has 3 aromatic rings. The van der Waals surface area contributed by atoms with Gasteiger partial charge in [0.1, 0.15) is 13.2 Å². The van der Waals surface area contributed by atoms with Crippen molar-refractivity contribution in [3.05, 3.63) is 76.8 Å². The lowest BCUT2D eigenvalue weighted by molar-refractivity contribution is 0.102. The van der Waals surface area contributed by atoms with Crippen molar-refractivity contribution in [3.63, 3.8) is 0 Å².